The van der Waals surface area contributed by atoms with Crippen LogP contribution in [0.1, 0.15) is 26.1 Å². The number of nitrogens with one attached hydrogen (secondary N) is 3. The van der Waals surface area contributed by atoms with Crippen LogP contribution in [0.3, 0.4) is 0 Å². The number of nitrogens with zero attached hydrogens (tertiary/aromatic N) is 4. The molecule has 3 aliphatic rings. The van der Waals surface area contributed by atoms with Crippen LogP contribution >= 0.6 is 11.6 Å². The minimum Gasteiger partial charge on any atom is -0.367 e. The number of rotatable bonds is 4. The number of aromatic nitrogens is 2. The molecule has 0 bridgehead atoms. The maximum Gasteiger partial charge on any atom is 0.244 e. The van der Waals surface area contributed by atoms with Crippen molar-refractivity contribution in [3.63, 3.8) is 0 Å². The predicted molar refractivity (Wildman–Crippen MR) is 119 cm³/mol. The van der Waals surface area contributed by atoms with Crippen molar-refractivity contribution >= 4 is 34.8 Å². The lowest BCUT2D eigenvalue weighted by Crippen LogP contribution is -2.43. The third kappa shape index (κ3) is 4.55. The van der Waals surface area contributed by atoms with Crippen LogP contribution in [0.5, 0.6) is 0 Å². The smallest absolute Gasteiger partial charge is 0.244 e. The fourth-order valence-electron chi connectivity index (χ4n) is 3.93. The maximum absolute atomic E-state index is 14.5. The summed E-state index contributed by atoms with van der Waals surface area (Å²) in [6, 6.07) is -0.701. The highest BCUT2D eigenvalue weighted by Gasteiger charge is 2.29. The SMILES string of the molecule is CC(=O)N1CCCN(C(=O)[C@H](C)Nc2nc(C3=CNC4NC=C(Cl)C=C34)ncc2F)CC1. The number of dihydropyridines is 1. The van der Waals surface area contributed by atoms with E-state index in [4.69, 9.17) is 11.6 Å². The van der Waals surface area contributed by atoms with Gasteiger partial charge in [-0.25, -0.2) is 14.4 Å². The molecule has 0 aromatic carbocycles. The molecule has 4 heterocycles. The van der Waals surface area contributed by atoms with Crippen molar-refractivity contribution < 1.29 is 14.0 Å². The topological polar surface area (TPSA) is 102 Å². The van der Waals surface area contributed by atoms with E-state index < -0.39 is 11.9 Å². The highest BCUT2D eigenvalue weighted by Crippen LogP contribution is 2.31. The molecule has 0 radical (unpaired) electrons. The number of carbonyl (C=O) groups is 2. The Hall–Kier alpha value is -3.14. The third-order valence-electron chi connectivity index (χ3n) is 5.66. The summed E-state index contributed by atoms with van der Waals surface area (Å²) in [6.45, 7) is 5.29. The normalized spacial score (nSPS) is 21.2. The summed E-state index contributed by atoms with van der Waals surface area (Å²) in [5, 5.41) is 9.69. The molecule has 0 aliphatic carbocycles. The number of hydrogen-bond donors (Lipinski definition) is 3. The summed E-state index contributed by atoms with van der Waals surface area (Å²) >= 11 is 6.10. The van der Waals surface area contributed by atoms with E-state index in [0.29, 0.717) is 49.0 Å². The summed E-state index contributed by atoms with van der Waals surface area (Å²) < 4.78 is 14.5. The predicted octanol–water partition coefficient (Wildman–Crippen LogP) is 1.38. The number of fused-ring (bicyclic) bond motifs is 1. The fourth-order valence-corrected chi connectivity index (χ4v) is 4.11. The first-order valence-electron chi connectivity index (χ1n) is 10.5. The van der Waals surface area contributed by atoms with E-state index in [1.165, 1.54) is 6.92 Å². The minimum absolute atomic E-state index is 0.000867. The van der Waals surface area contributed by atoms with E-state index in [2.05, 4.69) is 25.9 Å². The summed E-state index contributed by atoms with van der Waals surface area (Å²) in [6.07, 6.45) is 6.86. The Bertz CT molecular complexity index is 1030. The number of amides is 2. The Balaban J connectivity index is 1.47. The molecule has 4 rings (SSSR count). The zero-order valence-electron chi connectivity index (χ0n) is 17.9. The Morgan fingerprint density at radius 2 is 1.94 bits per heavy atom. The van der Waals surface area contributed by atoms with E-state index in [1.807, 2.05) is 0 Å². The van der Waals surface area contributed by atoms with Gasteiger partial charge in [0.1, 0.15) is 12.2 Å². The number of anilines is 1. The fraction of sp³-hybridized carbons (Fsp3) is 0.429. The van der Waals surface area contributed by atoms with E-state index in [-0.39, 0.29) is 23.8 Å². The molecular weight excluding hydrogens is 437 g/mol. The third-order valence-corrected chi connectivity index (χ3v) is 5.88. The van der Waals surface area contributed by atoms with Gasteiger partial charge in [0.15, 0.2) is 17.5 Å². The summed E-state index contributed by atoms with van der Waals surface area (Å²) in [5.74, 6) is -0.558. The lowest BCUT2D eigenvalue weighted by molar-refractivity contribution is -0.132. The Labute approximate surface area is 190 Å². The molecule has 1 aromatic rings. The highest BCUT2D eigenvalue weighted by atomic mass is 35.5. The molecule has 1 fully saturated rings. The quantitative estimate of drug-likeness (QED) is 0.622. The lowest BCUT2D eigenvalue weighted by atomic mass is 10.0. The first kappa shape index (κ1) is 22.1. The van der Waals surface area contributed by atoms with Crippen molar-refractivity contribution in [3.05, 3.63) is 46.9 Å². The van der Waals surface area contributed by atoms with Crippen LogP contribution in [0.15, 0.2) is 35.3 Å². The van der Waals surface area contributed by atoms with E-state index in [1.54, 1.807) is 35.2 Å². The number of hydrogen-bond acceptors (Lipinski definition) is 7. The molecule has 3 aliphatic heterocycles. The van der Waals surface area contributed by atoms with Gasteiger partial charge in [0.2, 0.25) is 11.8 Å². The van der Waals surface area contributed by atoms with E-state index in [0.717, 1.165) is 11.8 Å². The van der Waals surface area contributed by atoms with Gasteiger partial charge in [-0.2, -0.15) is 0 Å². The van der Waals surface area contributed by atoms with Gasteiger partial charge in [-0.3, -0.25) is 9.59 Å². The van der Waals surface area contributed by atoms with Gasteiger partial charge in [-0.05, 0) is 19.4 Å². The molecule has 1 unspecified atom stereocenters. The van der Waals surface area contributed by atoms with E-state index in [9.17, 15) is 14.0 Å². The van der Waals surface area contributed by atoms with Crippen LogP contribution in [0.25, 0.3) is 5.57 Å². The molecule has 170 valence electrons. The van der Waals surface area contributed by atoms with Crippen molar-refractivity contribution in [1.82, 2.24) is 30.4 Å². The second-order valence-corrected chi connectivity index (χ2v) is 8.33. The monoisotopic (exact) mass is 461 g/mol. The maximum atomic E-state index is 14.5. The molecule has 32 heavy (non-hydrogen) atoms. The molecule has 3 N–H and O–H groups in total. The number of halogens is 2. The Morgan fingerprint density at radius 3 is 2.72 bits per heavy atom. The molecule has 11 heteroatoms. The van der Waals surface area contributed by atoms with Gasteiger partial charge in [0, 0.05) is 56.6 Å². The molecule has 9 nitrogen and oxygen atoms in total. The van der Waals surface area contributed by atoms with Crippen molar-refractivity contribution in [3.8, 4) is 0 Å². The summed E-state index contributed by atoms with van der Waals surface area (Å²) in [4.78, 5) is 36.4. The van der Waals surface area contributed by atoms with Gasteiger partial charge >= 0.3 is 0 Å². The molecule has 2 amide bonds. The summed E-state index contributed by atoms with van der Waals surface area (Å²) in [5.41, 5.74) is 1.53. The van der Waals surface area contributed by atoms with Crippen LogP contribution in [-0.2, 0) is 9.59 Å². The molecule has 2 atom stereocenters. The highest BCUT2D eigenvalue weighted by molar-refractivity contribution is 6.31. The first-order chi connectivity index (χ1) is 15.3. The van der Waals surface area contributed by atoms with Crippen LogP contribution in [0.2, 0.25) is 0 Å². The number of allylic oxidation sites excluding steroid dienone is 2. The average molecular weight is 462 g/mol. The van der Waals surface area contributed by atoms with Gasteiger partial charge in [0.05, 0.1) is 11.2 Å². The number of carbonyl (C=O) groups excluding carboxylic acids is 2. The van der Waals surface area contributed by atoms with Crippen molar-refractivity contribution in [2.45, 2.75) is 32.5 Å². The molecule has 0 saturated carbocycles. The molecule has 0 spiro atoms. The van der Waals surface area contributed by atoms with Crippen molar-refractivity contribution in [2.75, 3.05) is 31.5 Å². The largest absolute Gasteiger partial charge is 0.367 e. The van der Waals surface area contributed by atoms with E-state index >= 15 is 0 Å². The van der Waals surface area contributed by atoms with Crippen molar-refractivity contribution in [1.29, 1.82) is 0 Å². The Kier molecular flexibility index (Phi) is 6.31. The van der Waals surface area contributed by atoms with Gasteiger partial charge in [-0.1, -0.05) is 11.6 Å². The minimum atomic E-state index is -0.701. The standard InChI is InChI=1S/C21H25ClFN7O2/c1-12(21(32)30-5-3-4-29(6-7-30)13(2)31)27-20-17(23)11-26-19(28-20)16-10-25-18-15(16)8-14(22)9-24-18/h8-12,18,24-25H,3-7H2,1-2H3,(H,26,27,28)/t12-,18?/m0/s1. The molecule has 1 saturated heterocycles. The van der Waals surface area contributed by atoms with Crippen LogP contribution < -0.4 is 16.0 Å². The lowest BCUT2D eigenvalue weighted by Gasteiger charge is -2.25. The molecule has 1 aromatic heterocycles. The van der Waals surface area contributed by atoms with Crippen molar-refractivity contribution in [2.24, 2.45) is 0 Å². The van der Waals surface area contributed by atoms with Gasteiger partial charge in [0.25, 0.3) is 0 Å². The van der Waals surface area contributed by atoms with Crippen LogP contribution in [-0.4, -0.2) is 70.0 Å². The van der Waals surface area contributed by atoms with Gasteiger partial charge < -0.3 is 25.8 Å². The van der Waals surface area contributed by atoms with Crippen LogP contribution in [0.4, 0.5) is 10.2 Å². The zero-order chi connectivity index (χ0) is 22.8. The zero-order valence-corrected chi connectivity index (χ0v) is 18.6. The second-order valence-electron chi connectivity index (χ2n) is 7.89. The average Bonchev–Trinajstić information content (AvgIpc) is 3.01. The Morgan fingerprint density at radius 1 is 1.22 bits per heavy atom. The second kappa shape index (κ2) is 9.15. The first-order valence-corrected chi connectivity index (χ1v) is 10.8. The molecular formula is C21H25ClFN7O2. The van der Waals surface area contributed by atoms with Crippen LogP contribution in [0, 0.1) is 5.82 Å². The van der Waals surface area contributed by atoms with Gasteiger partial charge in [-0.15, -0.1) is 0 Å². The summed E-state index contributed by atoms with van der Waals surface area (Å²) in [7, 11) is 0.